The number of hydrogen-bond donors (Lipinski definition) is 1. The maximum Gasteiger partial charge on any atom is 0.416 e. The molecule has 0 saturated carbocycles. The predicted molar refractivity (Wildman–Crippen MR) is 63.3 cm³/mol. The number of hydrogen-bond acceptors (Lipinski definition) is 2. The summed E-state index contributed by atoms with van der Waals surface area (Å²) in [5.74, 6) is -1.39. The molecule has 0 aliphatic carbocycles. The lowest BCUT2D eigenvalue weighted by atomic mass is 10.1. The fourth-order valence-electron chi connectivity index (χ4n) is 1.31. The highest BCUT2D eigenvalue weighted by Gasteiger charge is 2.32. The number of aromatic carboxylic acids is 1. The van der Waals surface area contributed by atoms with Crippen LogP contribution in [0.3, 0.4) is 0 Å². The SMILES string of the molecule is CC(C)C(C)Oc1ccc(C(F)(F)F)cc1C(=O)O. The van der Waals surface area contributed by atoms with Crippen molar-refractivity contribution in [1.29, 1.82) is 0 Å². The summed E-state index contributed by atoms with van der Waals surface area (Å²) in [6.07, 6.45) is -4.87. The first kappa shape index (κ1) is 15.3. The summed E-state index contributed by atoms with van der Waals surface area (Å²) in [6, 6.07) is 2.45. The van der Waals surface area contributed by atoms with Gasteiger partial charge in [0.05, 0.1) is 11.7 Å². The maximum atomic E-state index is 12.5. The third-order valence-corrected chi connectivity index (χ3v) is 2.79. The molecule has 0 radical (unpaired) electrons. The van der Waals surface area contributed by atoms with Gasteiger partial charge in [-0.3, -0.25) is 0 Å². The van der Waals surface area contributed by atoms with Gasteiger partial charge in [-0.2, -0.15) is 13.2 Å². The van der Waals surface area contributed by atoms with Crippen LogP contribution >= 0.6 is 0 Å². The topological polar surface area (TPSA) is 46.5 Å². The van der Waals surface area contributed by atoms with Gasteiger partial charge in [-0.25, -0.2) is 4.79 Å². The molecular formula is C13H15F3O3. The van der Waals surface area contributed by atoms with E-state index in [1.807, 2.05) is 13.8 Å². The number of ether oxygens (including phenoxy) is 1. The van der Waals surface area contributed by atoms with E-state index in [0.29, 0.717) is 6.07 Å². The van der Waals surface area contributed by atoms with Crippen molar-refractivity contribution in [3.8, 4) is 5.75 Å². The average molecular weight is 276 g/mol. The molecule has 0 saturated heterocycles. The molecule has 0 aliphatic rings. The minimum atomic E-state index is -4.58. The first-order valence-corrected chi connectivity index (χ1v) is 5.74. The van der Waals surface area contributed by atoms with Crippen LogP contribution < -0.4 is 4.74 Å². The lowest BCUT2D eigenvalue weighted by Gasteiger charge is -2.20. The molecule has 106 valence electrons. The van der Waals surface area contributed by atoms with Crippen LogP contribution in [0.2, 0.25) is 0 Å². The van der Waals surface area contributed by atoms with Crippen molar-refractivity contribution in [2.75, 3.05) is 0 Å². The molecule has 1 rings (SSSR count). The van der Waals surface area contributed by atoms with Crippen molar-refractivity contribution < 1.29 is 27.8 Å². The Morgan fingerprint density at radius 2 is 1.84 bits per heavy atom. The summed E-state index contributed by atoms with van der Waals surface area (Å²) >= 11 is 0. The summed E-state index contributed by atoms with van der Waals surface area (Å²) in [7, 11) is 0. The number of benzene rings is 1. The van der Waals surface area contributed by atoms with Crippen molar-refractivity contribution in [3.05, 3.63) is 29.3 Å². The molecule has 0 aromatic heterocycles. The minimum absolute atomic E-state index is 0.0540. The Bertz CT molecular complexity index is 467. The molecule has 3 nitrogen and oxygen atoms in total. The molecule has 1 unspecified atom stereocenters. The highest BCUT2D eigenvalue weighted by molar-refractivity contribution is 5.91. The molecule has 0 bridgehead atoms. The van der Waals surface area contributed by atoms with Crippen LogP contribution in [0.25, 0.3) is 0 Å². The molecule has 19 heavy (non-hydrogen) atoms. The normalized spacial score (nSPS) is 13.4. The highest BCUT2D eigenvalue weighted by atomic mass is 19.4. The second kappa shape index (κ2) is 5.50. The Hall–Kier alpha value is -1.72. The number of carbonyl (C=O) groups is 1. The average Bonchev–Trinajstić information content (AvgIpc) is 2.27. The highest BCUT2D eigenvalue weighted by Crippen LogP contribution is 2.33. The molecule has 0 spiro atoms. The molecule has 0 aliphatic heterocycles. The van der Waals surface area contributed by atoms with Gasteiger partial charge in [-0.15, -0.1) is 0 Å². The smallest absolute Gasteiger partial charge is 0.416 e. The Kier molecular flexibility index (Phi) is 4.44. The molecule has 6 heteroatoms. The van der Waals surface area contributed by atoms with E-state index in [1.54, 1.807) is 6.92 Å². The predicted octanol–water partition coefficient (Wildman–Crippen LogP) is 3.83. The summed E-state index contributed by atoms with van der Waals surface area (Å²) in [6.45, 7) is 5.47. The number of alkyl halides is 3. The number of halogens is 3. The molecule has 0 heterocycles. The standard InChI is InChI=1S/C13H15F3O3/c1-7(2)8(3)19-11-5-4-9(13(14,15)16)6-10(11)12(17)18/h4-8H,1-3H3,(H,17,18). The lowest BCUT2D eigenvalue weighted by molar-refractivity contribution is -0.137. The van der Waals surface area contributed by atoms with Gasteiger partial charge in [0, 0.05) is 0 Å². The molecule has 1 N–H and O–H groups in total. The fraction of sp³-hybridized carbons (Fsp3) is 0.462. The van der Waals surface area contributed by atoms with E-state index in [4.69, 9.17) is 9.84 Å². The zero-order valence-electron chi connectivity index (χ0n) is 10.8. The molecule has 0 fully saturated rings. The monoisotopic (exact) mass is 276 g/mol. The molecular weight excluding hydrogens is 261 g/mol. The number of carboxylic acid groups (broad SMARTS) is 1. The third-order valence-electron chi connectivity index (χ3n) is 2.79. The van der Waals surface area contributed by atoms with E-state index < -0.39 is 23.3 Å². The van der Waals surface area contributed by atoms with Crippen LogP contribution in [-0.2, 0) is 6.18 Å². The first-order valence-electron chi connectivity index (χ1n) is 5.74. The number of carboxylic acids is 1. The van der Waals surface area contributed by atoms with E-state index in [-0.39, 0.29) is 17.8 Å². The van der Waals surface area contributed by atoms with Gasteiger partial charge < -0.3 is 9.84 Å². The fourth-order valence-corrected chi connectivity index (χ4v) is 1.31. The Morgan fingerprint density at radius 1 is 1.26 bits per heavy atom. The van der Waals surface area contributed by atoms with Gasteiger partial charge in [0.25, 0.3) is 0 Å². The molecule has 0 amide bonds. The first-order chi connectivity index (χ1) is 8.62. The van der Waals surface area contributed by atoms with E-state index in [2.05, 4.69) is 0 Å². The zero-order valence-corrected chi connectivity index (χ0v) is 10.8. The molecule has 1 aromatic rings. The minimum Gasteiger partial charge on any atom is -0.490 e. The summed E-state index contributed by atoms with van der Waals surface area (Å²) in [5.41, 5.74) is -1.49. The summed E-state index contributed by atoms with van der Waals surface area (Å²) in [5, 5.41) is 8.96. The van der Waals surface area contributed by atoms with Crippen molar-refractivity contribution in [2.24, 2.45) is 5.92 Å². The maximum absolute atomic E-state index is 12.5. The van der Waals surface area contributed by atoms with Crippen molar-refractivity contribution in [2.45, 2.75) is 33.1 Å². The van der Waals surface area contributed by atoms with Crippen LogP contribution in [0.4, 0.5) is 13.2 Å². The van der Waals surface area contributed by atoms with Gasteiger partial charge in [0.1, 0.15) is 11.3 Å². The largest absolute Gasteiger partial charge is 0.490 e. The van der Waals surface area contributed by atoms with E-state index in [9.17, 15) is 18.0 Å². The van der Waals surface area contributed by atoms with Crippen molar-refractivity contribution >= 4 is 5.97 Å². The van der Waals surface area contributed by atoms with E-state index in [0.717, 1.165) is 12.1 Å². The van der Waals surface area contributed by atoms with Crippen molar-refractivity contribution in [3.63, 3.8) is 0 Å². The van der Waals surface area contributed by atoms with Gasteiger partial charge in [-0.1, -0.05) is 13.8 Å². The quantitative estimate of drug-likeness (QED) is 0.909. The second-order valence-electron chi connectivity index (χ2n) is 4.58. The number of rotatable bonds is 4. The van der Waals surface area contributed by atoms with Crippen LogP contribution in [0.1, 0.15) is 36.7 Å². The van der Waals surface area contributed by atoms with Crippen LogP contribution in [0.15, 0.2) is 18.2 Å². The Labute approximate surface area is 109 Å². The Balaban J connectivity index is 3.16. The molecule has 1 aromatic carbocycles. The van der Waals surface area contributed by atoms with E-state index in [1.165, 1.54) is 0 Å². The lowest BCUT2D eigenvalue weighted by Crippen LogP contribution is -2.20. The summed E-state index contributed by atoms with van der Waals surface area (Å²) < 4.78 is 42.9. The molecule has 1 atom stereocenters. The van der Waals surface area contributed by atoms with Gasteiger partial charge >= 0.3 is 12.1 Å². The van der Waals surface area contributed by atoms with Crippen LogP contribution in [0, 0.1) is 5.92 Å². The Morgan fingerprint density at radius 3 is 2.26 bits per heavy atom. The third kappa shape index (κ3) is 3.87. The summed E-state index contributed by atoms with van der Waals surface area (Å²) in [4.78, 5) is 11.0. The van der Waals surface area contributed by atoms with Gasteiger partial charge in [-0.05, 0) is 31.0 Å². The zero-order chi connectivity index (χ0) is 14.8. The van der Waals surface area contributed by atoms with Crippen LogP contribution in [-0.4, -0.2) is 17.2 Å². The second-order valence-corrected chi connectivity index (χ2v) is 4.58. The van der Waals surface area contributed by atoms with E-state index >= 15 is 0 Å². The van der Waals surface area contributed by atoms with Crippen molar-refractivity contribution in [1.82, 2.24) is 0 Å². The van der Waals surface area contributed by atoms with Gasteiger partial charge in [0.15, 0.2) is 0 Å². The van der Waals surface area contributed by atoms with Crippen LogP contribution in [0.5, 0.6) is 5.75 Å². The van der Waals surface area contributed by atoms with Gasteiger partial charge in [0.2, 0.25) is 0 Å².